The van der Waals surface area contributed by atoms with Crippen LogP contribution in [0.15, 0.2) is 18.2 Å². The Morgan fingerprint density at radius 1 is 1.33 bits per heavy atom. The van der Waals surface area contributed by atoms with Gasteiger partial charge >= 0.3 is 5.97 Å². The Labute approximate surface area is 110 Å². The van der Waals surface area contributed by atoms with E-state index in [0.717, 1.165) is 23.8 Å². The highest BCUT2D eigenvalue weighted by Crippen LogP contribution is 2.32. The van der Waals surface area contributed by atoms with Crippen molar-refractivity contribution in [1.82, 2.24) is 0 Å². The summed E-state index contributed by atoms with van der Waals surface area (Å²) < 4.78 is 4.69. The zero-order valence-corrected chi connectivity index (χ0v) is 10.8. The summed E-state index contributed by atoms with van der Waals surface area (Å²) in [6, 6.07) is 6.41. The van der Waals surface area contributed by atoms with E-state index in [-0.39, 0.29) is 13.4 Å². The van der Waals surface area contributed by atoms with Crippen molar-refractivity contribution in [3.8, 4) is 0 Å². The number of benzene rings is 1. The largest absolute Gasteiger partial charge is 0.469 e. The molecule has 2 rings (SSSR count). The van der Waals surface area contributed by atoms with Gasteiger partial charge in [0.1, 0.15) is 0 Å². The molecular formula is C16H24O2. The van der Waals surface area contributed by atoms with Crippen LogP contribution in [0.3, 0.4) is 0 Å². The van der Waals surface area contributed by atoms with Gasteiger partial charge in [-0.3, -0.25) is 4.79 Å². The molecule has 0 N–H and O–H groups in total. The number of methoxy groups -OCH3 is 1. The predicted octanol–water partition coefficient (Wildman–Crippen LogP) is 3.41. The second-order valence-corrected chi connectivity index (χ2v) is 5.27. The predicted molar refractivity (Wildman–Crippen MR) is 74.6 cm³/mol. The van der Waals surface area contributed by atoms with Gasteiger partial charge in [-0.1, -0.05) is 39.5 Å². The zero-order chi connectivity index (χ0) is 12.4. The number of fused-ring (bicyclic) bond motifs is 1. The molecule has 0 saturated carbocycles. The van der Waals surface area contributed by atoms with Gasteiger partial charge in [0, 0.05) is 0 Å². The van der Waals surface area contributed by atoms with Crippen molar-refractivity contribution < 1.29 is 9.53 Å². The lowest BCUT2D eigenvalue weighted by molar-refractivity contribution is -0.139. The Kier molecular flexibility index (Phi) is 4.94. The van der Waals surface area contributed by atoms with Crippen LogP contribution in [0.2, 0.25) is 0 Å². The first-order valence-corrected chi connectivity index (χ1v) is 6.27. The molecule has 2 heteroatoms. The van der Waals surface area contributed by atoms with Gasteiger partial charge in [-0.05, 0) is 41.4 Å². The first kappa shape index (κ1) is 14.7. The number of ether oxygens (including phenoxy) is 1. The molecule has 1 atom stereocenters. The summed E-state index contributed by atoms with van der Waals surface area (Å²) in [5.74, 6) is 1.33. The van der Waals surface area contributed by atoms with Gasteiger partial charge in [0.2, 0.25) is 0 Å². The Balaban J connectivity index is 0.00000162. The fraction of sp³-hybridized carbons (Fsp3) is 0.562. The lowest BCUT2D eigenvalue weighted by Gasteiger charge is -2.12. The Bertz CT molecular complexity index is 421. The highest BCUT2D eigenvalue weighted by molar-refractivity contribution is 5.72. The van der Waals surface area contributed by atoms with Gasteiger partial charge in [0.05, 0.1) is 13.5 Å². The van der Waals surface area contributed by atoms with E-state index in [0.29, 0.717) is 6.42 Å². The van der Waals surface area contributed by atoms with Crippen LogP contribution < -0.4 is 0 Å². The summed E-state index contributed by atoms with van der Waals surface area (Å²) in [7, 11) is 1.44. The summed E-state index contributed by atoms with van der Waals surface area (Å²) >= 11 is 0. The van der Waals surface area contributed by atoms with Crippen LogP contribution in [0.25, 0.3) is 0 Å². The van der Waals surface area contributed by atoms with Crippen LogP contribution in [-0.2, 0) is 28.8 Å². The second kappa shape index (κ2) is 6.03. The van der Waals surface area contributed by atoms with Crippen molar-refractivity contribution in [3.05, 3.63) is 34.9 Å². The number of esters is 1. The molecule has 1 aromatic carbocycles. The van der Waals surface area contributed by atoms with Gasteiger partial charge in [0.15, 0.2) is 0 Å². The van der Waals surface area contributed by atoms with E-state index in [1.807, 2.05) is 0 Å². The molecule has 0 fully saturated rings. The average Bonchev–Trinajstić information content (AvgIpc) is 2.72. The van der Waals surface area contributed by atoms with Crippen LogP contribution in [0.5, 0.6) is 0 Å². The van der Waals surface area contributed by atoms with E-state index >= 15 is 0 Å². The summed E-state index contributed by atoms with van der Waals surface area (Å²) in [5.41, 5.74) is 3.95. The molecule has 18 heavy (non-hydrogen) atoms. The van der Waals surface area contributed by atoms with Crippen molar-refractivity contribution in [2.24, 2.45) is 11.8 Å². The Morgan fingerprint density at radius 2 is 2.00 bits per heavy atom. The van der Waals surface area contributed by atoms with Gasteiger partial charge in [-0.25, -0.2) is 0 Å². The minimum Gasteiger partial charge on any atom is -0.469 e. The van der Waals surface area contributed by atoms with Gasteiger partial charge in [-0.2, -0.15) is 0 Å². The molecule has 0 radical (unpaired) electrons. The number of rotatable bonds is 3. The van der Waals surface area contributed by atoms with Crippen LogP contribution in [0, 0.1) is 11.8 Å². The third-order valence-electron chi connectivity index (χ3n) is 3.75. The average molecular weight is 248 g/mol. The molecule has 1 unspecified atom stereocenters. The van der Waals surface area contributed by atoms with Gasteiger partial charge in [-0.15, -0.1) is 0 Å². The lowest BCUT2D eigenvalue weighted by Crippen LogP contribution is -2.07. The minimum absolute atomic E-state index is 0. The third kappa shape index (κ3) is 3.12. The van der Waals surface area contributed by atoms with E-state index < -0.39 is 0 Å². The summed E-state index contributed by atoms with van der Waals surface area (Å²) in [4.78, 5) is 11.2. The van der Waals surface area contributed by atoms with Crippen LogP contribution in [0.1, 0.15) is 38.0 Å². The maximum absolute atomic E-state index is 11.2. The van der Waals surface area contributed by atoms with Crippen LogP contribution in [-0.4, -0.2) is 13.1 Å². The molecule has 1 aliphatic carbocycles. The number of carbonyl (C=O) groups is 1. The molecule has 0 saturated heterocycles. The Morgan fingerprint density at radius 3 is 2.61 bits per heavy atom. The molecule has 1 aromatic rings. The fourth-order valence-electron chi connectivity index (χ4n) is 2.53. The molecule has 2 nitrogen and oxygen atoms in total. The standard InChI is InChI=1S/C15H20O2.CH4/c1-10(2)13-8-12-5-4-11(6-14(12)9-13)7-15(16)17-3;/h4-6,10,13H,7-9H2,1-3H3;1H4. The Hall–Kier alpha value is -1.31. The van der Waals surface area contributed by atoms with Crippen molar-refractivity contribution in [3.63, 3.8) is 0 Å². The quantitative estimate of drug-likeness (QED) is 0.766. The minimum atomic E-state index is -0.164. The van der Waals surface area contributed by atoms with Gasteiger partial charge in [0.25, 0.3) is 0 Å². The molecule has 0 heterocycles. The topological polar surface area (TPSA) is 26.3 Å². The lowest BCUT2D eigenvalue weighted by atomic mass is 9.93. The summed E-state index contributed by atoms with van der Waals surface area (Å²) in [5, 5.41) is 0. The van der Waals surface area contributed by atoms with E-state index in [1.165, 1.54) is 24.7 Å². The van der Waals surface area contributed by atoms with E-state index in [2.05, 4.69) is 32.0 Å². The smallest absolute Gasteiger partial charge is 0.309 e. The van der Waals surface area contributed by atoms with E-state index in [4.69, 9.17) is 4.74 Å². The van der Waals surface area contributed by atoms with Crippen molar-refractivity contribution in [2.75, 3.05) is 7.11 Å². The maximum atomic E-state index is 11.2. The van der Waals surface area contributed by atoms with Crippen LogP contribution >= 0.6 is 0 Å². The highest BCUT2D eigenvalue weighted by Gasteiger charge is 2.24. The first-order chi connectivity index (χ1) is 8.10. The third-order valence-corrected chi connectivity index (χ3v) is 3.75. The monoisotopic (exact) mass is 248 g/mol. The van der Waals surface area contributed by atoms with Crippen molar-refractivity contribution >= 4 is 5.97 Å². The van der Waals surface area contributed by atoms with E-state index in [1.54, 1.807) is 0 Å². The van der Waals surface area contributed by atoms with Gasteiger partial charge < -0.3 is 4.74 Å². The number of hydrogen-bond acceptors (Lipinski definition) is 2. The number of carbonyl (C=O) groups excluding carboxylic acids is 1. The molecule has 0 aliphatic heterocycles. The number of hydrogen-bond donors (Lipinski definition) is 0. The van der Waals surface area contributed by atoms with Crippen molar-refractivity contribution in [1.29, 1.82) is 0 Å². The SMILES string of the molecule is C.COC(=O)Cc1ccc2c(c1)CC(C(C)C)C2. The molecule has 0 amide bonds. The van der Waals surface area contributed by atoms with Crippen molar-refractivity contribution in [2.45, 2.75) is 40.5 Å². The maximum Gasteiger partial charge on any atom is 0.309 e. The molecule has 0 aromatic heterocycles. The molecule has 0 bridgehead atoms. The van der Waals surface area contributed by atoms with E-state index in [9.17, 15) is 4.79 Å². The van der Waals surface area contributed by atoms with Crippen LogP contribution in [0.4, 0.5) is 0 Å². The highest BCUT2D eigenvalue weighted by atomic mass is 16.5. The molecule has 1 aliphatic rings. The first-order valence-electron chi connectivity index (χ1n) is 6.27. The molecule has 100 valence electrons. The second-order valence-electron chi connectivity index (χ2n) is 5.27. The summed E-state index contributed by atoms with van der Waals surface area (Å²) in [6.45, 7) is 4.57. The normalized spacial score (nSPS) is 17.2. The summed E-state index contributed by atoms with van der Waals surface area (Å²) in [6.07, 6.45) is 2.73. The fourth-order valence-corrected chi connectivity index (χ4v) is 2.53. The zero-order valence-electron chi connectivity index (χ0n) is 10.8. The molecule has 0 spiro atoms. The molecular weight excluding hydrogens is 224 g/mol.